The number of rotatable bonds is 6. The van der Waals surface area contributed by atoms with Crippen molar-refractivity contribution in [3.05, 3.63) is 104 Å². The van der Waals surface area contributed by atoms with Crippen LogP contribution in [0, 0.1) is 12.7 Å². The molecular weight excluding hydrogens is 469 g/mol. The van der Waals surface area contributed by atoms with Crippen LogP contribution in [0.1, 0.15) is 26.3 Å². The largest absolute Gasteiger partial charge is 0.343 e. The molecule has 0 unspecified atom stereocenters. The molecule has 0 radical (unpaired) electrons. The number of H-pyrrole nitrogens is 2. The molecule has 0 aliphatic carbocycles. The first kappa shape index (κ1) is 24.1. The van der Waals surface area contributed by atoms with Crippen molar-refractivity contribution in [2.45, 2.75) is 6.92 Å². The number of hydrogen-bond donors (Lipinski definition) is 5. The molecule has 0 atom stereocenters. The molecule has 10 nitrogen and oxygen atoms in total. The van der Waals surface area contributed by atoms with E-state index >= 15 is 0 Å². The van der Waals surface area contributed by atoms with Gasteiger partial charge in [-0.15, -0.1) is 0 Å². The predicted octanol–water partition coefficient (Wildman–Crippen LogP) is 2.28. The Morgan fingerprint density at radius 1 is 0.833 bits per heavy atom. The second-order valence-corrected chi connectivity index (χ2v) is 7.83. The van der Waals surface area contributed by atoms with Crippen molar-refractivity contribution in [2.75, 3.05) is 17.2 Å². The summed E-state index contributed by atoms with van der Waals surface area (Å²) in [6, 6.07) is 14.5. The van der Waals surface area contributed by atoms with E-state index in [9.17, 15) is 28.4 Å². The van der Waals surface area contributed by atoms with Gasteiger partial charge in [0.1, 0.15) is 5.82 Å². The van der Waals surface area contributed by atoms with Crippen LogP contribution >= 0.6 is 0 Å². The van der Waals surface area contributed by atoms with Crippen LogP contribution in [0.3, 0.4) is 0 Å². The molecule has 3 aromatic carbocycles. The number of nitrogens with one attached hydrogen (secondary N) is 5. The van der Waals surface area contributed by atoms with Crippen LogP contribution in [0.25, 0.3) is 10.8 Å². The molecule has 0 fully saturated rings. The van der Waals surface area contributed by atoms with Gasteiger partial charge >= 0.3 is 0 Å². The minimum Gasteiger partial charge on any atom is -0.343 e. The van der Waals surface area contributed by atoms with E-state index in [0.717, 1.165) is 0 Å². The number of hydrogen-bond acceptors (Lipinski definition) is 5. The van der Waals surface area contributed by atoms with Crippen molar-refractivity contribution < 1.29 is 18.8 Å². The van der Waals surface area contributed by atoms with Gasteiger partial charge in [-0.3, -0.25) is 34.2 Å². The number of halogens is 1. The van der Waals surface area contributed by atoms with Gasteiger partial charge in [-0.2, -0.15) is 0 Å². The summed E-state index contributed by atoms with van der Waals surface area (Å²) < 4.78 is 13.9. The van der Waals surface area contributed by atoms with Crippen molar-refractivity contribution in [3.8, 4) is 0 Å². The maximum absolute atomic E-state index is 13.9. The number of fused-ring (bicyclic) bond motifs is 1. The fraction of sp³-hybridized carbons (Fsp3) is 0.0800. The summed E-state index contributed by atoms with van der Waals surface area (Å²) in [5.74, 6) is -2.57. The molecule has 0 saturated heterocycles. The van der Waals surface area contributed by atoms with E-state index in [1.807, 2.05) is 0 Å². The molecule has 182 valence electrons. The lowest BCUT2D eigenvalue weighted by molar-refractivity contribution is -0.115. The number of carbonyl (C=O) groups is 3. The third kappa shape index (κ3) is 5.04. The van der Waals surface area contributed by atoms with Crippen LogP contribution < -0.4 is 27.1 Å². The molecule has 0 bridgehead atoms. The lowest BCUT2D eigenvalue weighted by atomic mass is 10.1. The van der Waals surface area contributed by atoms with Gasteiger partial charge in [-0.1, -0.05) is 24.3 Å². The lowest BCUT2D eigenvalue weighted by Gasteiger charge is -2.12. The van der Waals surface area contributed by atoms with E-state index in [-0.39, 0.29) is 27.6 Å². The average Bonchev–Trinajstić information content (AvgIpc) is 2.86. The Bertz CT molecular complexity index is 1630. The van der Waals surface area contributed by atoms with Gasteiger partial charge in [-0.25, -0.2) is 4.39 Å². The van der Waals surface area contributed by atoms with Crippen molar-refractivity contribution in [1.29, 1.82) is 0 Å². The van der Waals surface area contributed by atoms with Crippen LogP contribution in [0.4, 0.5) is 15.8 Å². The number of aromatic amines is 2. The van der Waals surface area contributed by atoms with Gasteiger partial charge < -0.3 is 16.0 Å². The lowest BCUT2D eigenvalue weighted by Crippen LogP contribution is -2.33. The number of carbonyl (C=O) groups excluding carboxylic acids is 3. The predicted molar refractivity (Wildman–Crippen MR) is 132 cm³/mol. The van der Waals surface area contributed by atoms with E-state index in [0.29, 0.717) is 11.3 Å². The standard InChI is InChI=1S/C25H20FN5O5/c1-13-9-10-14(11-19(13)29-23(34)15-5-2-3-7-17(15)26)22(33)27-12-20(32)28-18-8-4-6-16-21(18)25(36)31-30-24(16)35/h2-11H,12H2,1H3,(H,27,33)(H,28,32)(H,29,34)(H,30,35)(H,31,36). The summed E-state index contributed by atoms with van der Waals surface area (Å²) in [6.07, 6.45) is 0. The van der Waals surface area contributed by atoms with Crippen LogP contribution in [0.2, 0.25) is 0 Å². The van der Waals surface area contributed by atoms with Crippen molar-refractivity contribution in [2.24, 2.45) is 0 Å². The molecule has 5 N–H and O–H groups in total. The Labute approximate surface area is 202 Å². The van der Waals surface area contributed by atoms with Crippen LogP contribution in [0.5, 0.6) is 0 Å². The molecular formula is C25H20FN5O5. The quantitative estimate of drug-likeness (QED) is 0.281. The molecule has 11 heteroatoms. The van der Waals surface area contributed by atoms with Crippen molar-refractivity contribution >= 4 is 39.9 Å². The van der Waals surface area contributed by atoms with Gasteiger partial charge in [0.25, 0.3) is 22.9 Å². The second kappa shape index (κ2) is 10.1. The van der Waals surface area contributed by atoms with E-state index < -0.39 is 41.2 Å². The zero-order valence-electron chi connectivity index (χ0n) is 18.9. The molecule has 4 aromatic rings. The maximum Gasteiger partial charge on any atom is 0.272 e. The summed E-state index contributed by atoms with van der Waals surface area (Å²) in [7, 11) is 0. The average molecular weight is 489 g/mol. The molecule has 1 aromatic heterocycles. The maximum atomic E-state index is 13.9. The molecule has 0 aliphatic heterocycles. The number of benzene rings is 3. The highest BCUT2D eigenvalue weighted by molar-refractivity contribution is 6.06. The Morgan fingerprint density at radius 3 is 2.36 bits per heavy atom. The highest BCUT2D eigenvalue weighted by Gasteiger charge is 2.16. The zero-order valence-corrected chi connectivity index (χ0v) is 18.9. The van der Waals surface area contributed by atoms with Crippen LogP contribution in [0.15, 0.2) is 70.3 Å². The first-order chi connectivity index (χ1) is 17.2. The van der Waals surface area contributed by atoms with E-state index in [2.05, 4.69) is 26.1 Å². The molecule has 3 amide bonds. The number of aromatic nitrogens is 2. The minimum absolute atomic E-state index is 0.00898. The molecule has 0 spiro atoms. The molecule has 0 saturated carbocycles. The van der Waals surface area contributed by atoms with Gasteiger partial charge in [0.15, 0.2) is 0 Å². The smallest absolute Gasteiger partial charge is 0.272 e. The monoisotopic (exact) mass is 489 g/mol. The molecule has 1 heterocycles. The third-order valence-electron chi connectivity index (χ3n) is 5.38. The van der Waals surface area contributed by atoms with E-state index in [1.54, 1.807) is 13.0 Å². The Morgan fingerprint density at radius 2 is 1.58 bits per heavy atom. The number of amides is 3. The number of anilines is 2. The van der Waals surface area contributed by atoms with Gasteiger partial charge in [0.05, 0.1) is 28.6 Å². The minimum atomic E-state index is -0.676. The third-order valence-corrected chi connectivity index (χ3v) is 5.38. The summed E-state index contributed by atoms with van der Waals surface area (Å²) in [6.45, 7) is 1.28. The SMILES string of the molecule is Cc1ccc(C(=O)NCC(=O)Nc2cccc3c(=O)[nH][nH]c(=O)c23)cc1NC(=O)c1ccccc1F. The van der Waals surface area contributed by atoms with Crippen LogP contribution in [-0.2, 0) is 4.79 Å². The first-order valence-corrected chi connectivity index (χ1v) is 10.7. The topological polar surface area (TPSA) is 153 Å². The molecule has 4 rings (SSSR count). The van der Waals surface area contributed by atoms with E-state index in [1.165, 1.54) is 54.6 Å². The Balaban J connectivity index is 1.44. The van der Waals surface area contributed by atoms with Gasteiger partial charge in [0, 0.05) is 11.3 Å². The fourth-order valence-corrected chi connectivity index (χ4v) is 3.52. The number of aryl methyl sites for hydroxylation is 1. The Kier molecular flexibility index (Phi) is 6.72. The first-order valence-electron chi connectivity index (χ1n) is 10.7. The molecule has 36 heavy (non-hydrogen) atoms. The van der Waals surface area contributed by atoms with E-state index in [4.69, 9.17) is 0 Å². The van der Waals surface area contributed by atoms with Gasteiger partial charge in [0.2, 0.25) is 5.91 Å². The van der Waals surface area contributed by atoms with Gasteiger partial charge in [-0.05, 0) is 48.9 Å². The normalized spacial score (nSPS) is 10.6. The fourth-order valence-electron chi connectivity index (χ4n) is 3.52. The Hall–Kier alpha value is -5.06. The highest BCUT2D eigenvalue weighted by atomic mass is 19.1. The van der Waals surface area contributed by atoms with Crippen molar-refractivity contribution in [1.82, 2.24) is 15.5 Å². The summed E-state index contributed by atoms with van der Waals surface area (Å²) >= 11 is 0. The zero-order chi connectivity index (χ0) is 25.8. The van der Waals surface area contributed by atoms with Crippen LogP contribution in [-0.4, -0.2) is 34.5 Å². The highest BCUT2D eigenvalue weighted by Crippen LogP contribution is 2.19. The summed E-state index contributed by atoms with van der Waals surface area (Å²) in [5, 5.41) is 12.1. The summed E-state index contributed by atoms with van der Waals surface area (Å²) in [5.41, 5.74) is -0.0261. The summed E-state index contributed by atoms with van der Waals surface area (Å²) in [4.78, 5) is 61.5. The van der Waals surface area contributed by atoms with Crippen molar-refractivity contribution in [3.63, 3.8) is 0 Å². The second-order valence-electron chi connectivity index (χ2n) is 7.83. The molecule has 0 aliphatic rings.